The van der Waals surface area contributed by atoms with Crippen LogP contribution in [0, 0.1) is 5.92 Å². The fourth-order valence-corrected chi connectivity index (χ4v) is 1.89. The Kier molecular flexibility index (Phi) is 3.53. The Balaban J connectivity index is 2.29. The molecule has 0 radical (unpaired) electrons. The van der Waals surface area contributed by atoms with E-state index in [1.165, 1.54) is 25.7 Å². The van der Waals surface area contributed by atoms with Crippen molar-refractivity contribution in [2.45, 2.75) is 31.7 Å². The van der Waals surface area contributed by atoms with Crippen molar-refractivity contribution < 1.29 is 0 Å². The molecule has 0 aromatic carbocycles. The molecular weight excluding hydrogens is 150 g/mol. The van der Waals surface area contributed by atoms with E-state index in [2.05, 4.69) is 24.1 Å². The predicted molar refractivity (Wildman–Crippen MR) is 52.1 cm³/mol. The number of hydrazone groups is 1. The smallest absolute Gasteiger partial charge is 0.0271 e. The van der Waals surface area contributed by atoms with E-state index < -0.39 is 0 Å². The SMILES string of the molecule is CN(C)C1CCC(C=NN)CC1. The summed E-state index contributed by atoms with van der Waals surface area (Å²) in [6, 6.07) is 0.771. The van der Waals surface area contributed by atoms with E-state index in [0.717, 1.165) is 6.04 Å². The molecule has 2 N–H and O–H groups in total. The van der Waals surface area contributed by atoms with Crippen molar-refractivity contribution in [2.75, 3.05) is 14.1 Å². The molecule has 0 spiro atoms. The lowest BCUT2D eigenvalue weighted by Crippen LogP contribution is -2.32. The average Bonchev–Trinajstić information content (AvgIpc) is 2.06. The normalized spacial score (nSPS) is 31.6. The lowest BCUT2D eigenvalue weighted by Gasteiger charge is -2.30. The quantitative estimate of drug-likeness (QED) is 0.381. The molecule has 0 unspecified atom stereocenters. The first-order valence-corrected chi connectivity index (χ1v) is 4.64. The minimum atomic E-state index is 0.631. The molecule has 1 saturated carbocycles. The molecule has 0 aromatic rings. The van der Waals surface area contributed by atoms with E-state index in [4.69, 9.17) is 5.84 Å². The maximum Gasteiger partial charge on any atom is 0.0271 e. The van der Waals surface area contributed by atoms with E-state index in [1.807, 2.05) is 6.21 Å². The zero-order valence-corrected chi connectivity index (χ0v) is 8.03. The summed E-state index contributed by atoms with van der Waals surface area (Å²) in [6.07, 6.45) is 6.94. The summed E-state index contributed by atoms with van der Waals surface area (Å²) in [7, 11) is 4.31. The lowest BCUT2D eigenvalue weighted by molar-refractivity contribution is 0.215. The summed E-state index contributed by atoms with van der Waals surface area (Å²) in [4.78, 5) is 2.32. The molecule has 70 valence electrons. The van der Waals surface area contributed by atoms with Crippen molar-refractivity contribution in [2.24, 2.45) is 16.9 Å². The molecule has 1 fully saturated rings. The highest BCUT2D eigenvalue weighted by atomic mass is 15.1. The van der Waals surface area contributed by atoms with Crippen molar-refractivity contribution >= 4 is 6.21 Å². The lowest BCUT2D eigenvalue weighted by atomic mass is 9.86. The minimum absolute atomic E-state index is 0.631. The van der Waals surface area contributed by atoms with Gasteiger partial charge in [0.05, 0.1) is 0 Å². The van der Waals surface area contributed by atoms with E-state index in [-0.39, 0.29) is 0 Å². The standard InChI is InChI=1S/C9H19N3/c1-12(2)9-5-3-8(4-6-9)7-11-10/h7-9H,3-6,10H2,1-2H3. The molecule has 0 aliphatic heterocycles. The van der Waals surface area contributed by atoms with Crippen LogP contribution in [0.1, 0.15) is 25.7 Å². The van der Waals surface area contributed by atoms with Crippen molar-refractivity contribution in [1.29, 1.82) is 0 Å². The summed E-state index contributed by atoms with van der Waals surface area (Å²) in [6.45, 7) is 0. The van der Waals surface area contributed by atoms with Crippen LogP contribution in [0.5, 0.6) is 0 Å². The fourth-order valence-electron chi connectivity index (χ4n) is 1.89. The molecule has 1 aliphatic carbocycles. The van der Waals surface area contributed by atoms with Crippen LogP contribution in [0.2, 0.25) is 0 Å². The van der Waals surface area contributed by atoms with Gasteiger partial charge in [-0.15, -0.1) is 0 Å². The van der Waals surface area contributed by atoms with Gasteiger partial charge in [-0.3, -0.25) is 0 Å². The second kappa shape index (κ2) is 4.45. The Hall–Kier alpha value is -0.570. The van der Waals surface area contributed by atoms with E-state index >= 15 is 0 Å². The molecule has 0 heterocycles. The Labute approximate surface area is 74.6 Å². The maximum atomic E-state index is 5.11. The third-order valence-corrected chi connectivity index (χ3v) is 2.77. The molecule has 0 amide bonds. The summed E-state index contributed by atoms with van der Waals surface area (Å²) < 4.78 is 0. The van der Waals surface area contributed by atoms with Gasteiger partial charge in [-0.1, -0.05) is 0 Å². The highest BCUT2D eigenvalue weighted by Crippen LogP contribution is 2.24. The van der Waals surface area contributed by atoms with Crippen LogP contribution >= 0.6 is 0 Å². The first kappa shape index (κ1) is 9.52. The highest BCUT2D eigenvalue weighted by molar-refractivity contribution is 5.60. The van der Waals surface area contributed by atoms with E-state index in [0.29, 0.717) is 5.92 Å². The van der Waals surface area contributed by atoms with Crippen LogP contribution in [-0.4, -0.2) is 31.3 Å². The van der Waals surface area contributed by atoms with E-state index in [9.17, 15) is 0 Å². The largest absolute Gasteiger partial charge is 0.324 e. The number of nitrogens with two attached hydrogens (primary N) is 1. The molecule has 0 atom stereocenters. The van der Waals surface area contributed by atoms with Crippen molar-refractivity contribution in [3.8, 4) is 0 Å². The molecule has 1 rings (SSSR count). The monoisotopic (exact) mass is 169 g/mol. The summed E-state index contributed by atoms with van der Waals surface area (Å²) in [5, 5.41) is 3.59. The third-order valence-electron chi connectivity index (χ3n) is 2.77. The van der Waals surface area contributed by atoms with Gasteiger partial charge in [-0.2, -0.15) is 5.10 Å². The first-order chi connectivity index (χ1) is 5.74. The Morgan fingerprint density at radius 2 is 1.83 bits per heavy atom. The van der Waals surface area contributed by atoms with Crippen molar-refractivity contribution in [1.82, 2.24) is 4.90 Å². The van der Waals surface area contributed by atoms with Crippen LogP contribution in [0.4, 0.5) is 0 Å². The number of rotatable bonds is 2. The zero-order chi connectivity index (χ0) is 8.97. The molecule has 12 heavy (non-hydrogen) atoms. The van der Waals surface area contributed by atoms with Crippen LogP contribution in [0.25, 0.3) is 0 Å². The zero-order valence-electron chi connectivity index (χ0n) is 8.03. The van der Waals surface area contributed by atoms with Gasteiger partial charge in [0.25, 0.3) is 0 Å². The summed E-state index contributed by atoms with van der Waals surface area (Å²) in [5.74, 6) is 5.74. The molecule has 1 aliphatic rings. The van der Waals surface area contributed by atoms with Gasteiger partial charge >= 0.3 is 0 Å². The molecule has 0 saturated heterocycles. The van der Waals surface area contributed by atoms with Gasteiger partial charge in [-0.25, -0.2) is 0 Å². The molecule has 3 nitrogen and oxygen atoms in total. The van der Waals surface area contributed by atoms with Gasteiger partial charge in [0.1, 0.15) is 0 Å². The topological polar surface area (TPSA) is 41.6 Å². The molecular formula is C9H19N3. The Morgan fingerprint density at radius 3 is 2.25 bits per heavy atom. The van der Waals surface area contributed by atoms with Crippen LogP contribution < -0.4 is 5.84 Å². The van der Waals surface area contributed by atoms with Crippen molar-refractivity contribution in [3.05, 3.63) is 0 Å². The average molecular weight is 169 g/mol. The third kappa shape index (κ3) is 2.48. The highest BCUT2D eigenvalue weighted by Gasteiger charge is 2.20. The molecule has 0 aromatic heterocycles. The van der Waals surface area contributed by atoms with Gasteiger partial charge in [-0.05, 0) is 45.7 Å². The summed E-state index contributed by atoms with van der Waals surface area (Å²) in [5.41, 5.74) is 0. The van der Waals surface area contributed by atoms with Crippen molar-refractivity contribution in [3.63, 3.8) is 0 Å². The van der Waals surface area contributed by atoms with Gasteiger partial charge in [0, 0.05) is 12.3 Å². The second-order valence-electron chi connectivity index (χ2n) is 3.83. The first-order valence-electron chi connectivity index (χ1n) is 4.64. The maximum absolute atomic E-state index is 5.11. The van der Waals surface area contributed by atoms with E-state index in [1.54, 1.807) is 0 Å². The Morgan fingerprint density at radius 1 is 1.25 bits per heavy atom. The summed E-state index contributed by atoms with van der Waals surface area (Å²) >= 11 is 0. The minimum Gasteiger partial charge on any atom is -0.324 e. The number of nitrogens with zero attached hydrogens (tertiary/aromatic N) is 2. The number of hydrogen-bond donors (Lipinski definition) is 1. The second-order valence-corrected chi connectivity index (χ2v) is 3.83. The predicted octanol–water partition coefficient (Wildman–Crippen LogP) is 1.05. The van der Waals surface area contributed by atoms with Crippen LogP contribution in [0.3, 0.4) is 0 Å². The molecule has 0 bridgehead atoms. The number of hydrogen-bond acceptors (Lipinski definition) is 3. The van der Waals surface area contributed by atoms with Crippen LogP contribution in [-0.2, 0) is 0 Å². The molecule has 3 heteroatoms. The van der Waals surface area contributed by atoms with Gasteiger partial charge in [0.15, 0.2) is 0 Å². The van der Waals surface area contributed by atoms with Gasteiger partial charge < -0.3 is 10.7 Å². The van der Waals surface area contributed by atoms with Crippen LogP contribution in [0.15, 0.2) is 5.10 Å². The van der Waals surface area contributed by atoms with Gasteiger partial charge in [0.2, 0.25) is 0 Å². The Bertz CT molecular complexity index is 146. The fraction of sp³-hybridized carbons (Fsp3) is 0.889.